The van der Waals surface area contributed by atoms with E-state index in [1.807, 2.05) is 7.05 Å². The summed E-state index contributed by atoms with van der Waals surface area (Å²) in [5, 5.41) is 3.63. The van der Waals surface area contributed by atoms with Crippen LogP contribution >= 0.6 is 0 Å². The van der Waals surface area contributed by atoms with Gasteiger partial charge in [-0.25, -0.2) is 0 Å². The molecule has 2 saturated heterocycles. The first kappa shape index (κ1) is 16.6. The number of piperidine rings is 2. The van der Waals surface area contributed by atoms with E-state index in [-0.39, 0.29) is 0 Å². The van der Waals surface area contributed by atoms with Gasteiger partial charge in [-0.15, -0.1) is 0 Å². The summed E-state index contributed by atoms with van der Waals surface area (Å²) in [4.78, 5) is 9.54. The van der Waals surface area contributed by atoms with E-state index in [1.54, 1.807) is 0 Å². The molecule has 1 atom stereocenters. The molecule has 0 bridgehead atoms. The zero-order valence-electron chi connectivity index (χ0n) is 14.4. The molecule has 4 heteroatoms. The van der Waals surface area contributed by atoms with Gasteiger partial charge in [0.25, 0.3) is 0 Å². The summed E-state index contributed by atoms with van der Waals surface area (Å²) >= 11 is 0. The second kappa shape index (κ2) is 8.02. The summed E-state index contributed by atoms with van der Waals surface area (Å²) < 4.78 is 0. The highest BCUT2D eigenvalue weighted by atomic mass is 15.3. The van der Waals surface area contributed by atoms with Gasteiger partial charge in [-0.05, 0) is 57.9 Å². The molecule has 2 aliphatic heterocycles. The van der Waals surface area contributed by atoms with Crippen LogP contribution in [0.15, 0.2) is 4.99 Å². The van der Waals surface area contributed by atoms with Gasteiger partial charge < -0.3 is 15.1 Å². The molecule has 0 aliphatic carbocycles. The van der Waals surface area contributed by atoms with E-state index in [4.69, 9.17) is 0 Å². The van der Waals surface area contributed by atoms with Gasteiger partial charge in [-0.3, -0.25) is 4.99 Å². The molecule has 2 rings (SSSR count). The van der Waals surface area contributed by atoms with Crippen LogP contribution in [-0.2, 0) is 0 Å². The van der Waals surface area contributed by atoms with Crippen LogP contribution in [0.25, 0.3) is 0 Å². The number of hydrogen-bond donors (Lipinski definition) is 1. The standard InChI is InChI=1S/C17H34N4/c1-14(2)21-9-5-6-16(13-21)12-19-17(18-4)20-10-7-15(3)8-11-20/h14-16H,5-13H2,1-4H3,(H,18,19). The summed E-state index contributed by atoms with van der Waals surface area (Å²) in [5.74, 6) is 2.75. The van der Waals surface area contributed by atoms with E-state index >= 15 is 0 Å². The quantitative estimate of drug-likeness (QED) is 0.640. The van der Waals surface area contributed by atoms with Crippen LogP contribution in [0.3, 0.4) is 0 Å². The first-order chi connectivity index (χ1) is 10.1. The molecular formula is C17H34N4. The molecule has 2 aliphatic rings. The molecule has 0 saturated carbocycles. The summed E-state index contributed by atoms with van der Waals surface area (Å²) in [5.41, 5.74) is 0. The maximum atomic E-state index is 4.49. The summed E-state index contributed by atoms with van der Waals surface area (Å²) in [7, 11) is 1.92. The van der Waals surface area contributed by atoms with Gasteiger partial charge in [-0.2, -0.15) is 0 Å². The van der Waals surface area contributed by atoms with Crippen LogP contribution in [0.4, 0.5) is 0 Å². The molecule has 122 valence electrons. The molecule has 0 amide bonds. The van der Waals surface area contributed by atoms with Gasteiger partial charge >= 0.3 is 0 Å². The van der Waals surface area contributed by atoms with E-state index in [9.17, 15) is 0 Å². The molecule has 2 fully saturated rings. The van der Waals surface area contributed by atoms with Crippen molar-refractivity contribution in [3.8, 4) is 0 Å². The molecule has 0 aromatic rings. The van der Waals surface area contributed by atoms with Crippen molar-refractivity contribution < 1.29 is 0 Å². The third-order valence-corrected chi connectivity index (χ3v) is 5.12. The number of guanidine groups is 1. The highest BCUT2D eigenvalue weighted by molar-refractivity contribution is 5.79. The van der Waals surface area contributed by atoms with E-state index in [0.29, 0.717) is 6.04 Å². The van der Waals surface area contributed by atoms with Crippen LogP contribution in [0.1, 0.15) is 46.5 Å². The monoisotopic (exact) mass is 294 g/mol. The lowest BCUT2D eigenvalue weighted by atomic mass is 9.97. The second-order valence-electron chi connectivity index (χ2n) is 7.19. The predicted molar refractivity (Wildman–Crippen MR) is 90.8 cm³/mol. The highest BCUT2D eigenvalue weighted by Crippen LogP contribution is 2.19. The molecule has 4 nitrogen and oxygen atoms in total. The Bertz CT molecular complexity index is 332. The number of rotatable bonds is 3. The Balaban J connectivity index is 1.78. The normalized spacial score (nSPS) is 26.4. The fourth-order valence-corrected chi connectivity index (χ4v) is 3.52. The molecule has 1 N–H and O–H groups in total. The Morgan fingerprint density at radius 3 is 2.52 bits per heavy atom. The minimum absolute atomic E-state index is 0.677. The zero-order chi connectivity index (χ0) is 15.2. The first-order valence-corrected chi connectivity index (χ1v) is 8.79. The molecule has 2 heterocycles. The number of aliphatic imine (C=N–C) groups is 1. The molecule has 0 aromatic heterocycles. The summed E-state index contributed by atoms with van der Waals surface area (Å²) in [6, 6.07) is 0.677. The first-order valence-electron chi connectivity index (χ1n) is 8.79. The van der Waals surface area contributed by atoms with Crippen LogP contribution < -0.4 is 5.32 Å². The lowest BCUT2D eigenvalue weighted by Gasteiger charge is -2.37. The third-order valence-electron chi connectivity index (χ3n) is 5.12. The Morgan fingerprint density at radius 2 is 1.90 bits per heavy atom. The third kappa shape index (κ3) is 4.87. The summed E-state index contributed by atoms with van der Waals surface area (Å²) in [6.45, 7) is 12.9. The predicted octanol–water partition coefficient (Wildman–Crippen LogP) is 2.41. The van der Waals surface area contributed by atoms with E-state index in [1.165, 1.54) is 38.8 Å². The average Bonchev–Trinajstić information content (AvgIpc) is 2.50. The lowest BCUT2D eigenvalue weighted by Crippen LogP contribution is -2.49. The van der Waals surface area contributed by atoms with Gasteiger partial charge in [0, 0.05) is 39.3 Å². The smallest absolute Gasteiger partial charge is 0.193 e. The molecule has 0 spiro atoms. The van der Waals surface area contributed by atoms with Crippen LogP contribution in [0.5, 0.6) is 0 Å². The molecule has 21 heavy (non-hydrogen) atoms. The average molecular weight is 294 g/mol. The van der Waals surface area contributed by atoms with Crippen LogP contribution in [0, 0.1) is 11.8 Å². The minimum Gasteiger partial charge on any atom is -0.356 e. The lowest BCUT2D eigenvalue weighted by molar-refractivity contribution is 0.140. The number of nitrogens with zero attached hydrogens (tertiary/aromatic N) is 3. The van der Waals surface area contributed by atoms with E-state index in [2.05, 4.69) is 40.9 Å². The second-order valence-corrected chi connectivity index (χ2v) is 7.19. The van der Waals surface area contributed by atoms with Crippen molar-refractivity contribution in [1.29, 1.82) is 0 Å². The zero-order valence-corrected chi connectivity index (χ0v) is 14.4. The van der Waals surface area contributed by atoms with Gasteiger partial charge in [-0.1, -0.05) is 6.92 Å². The minimum atomic E-state index is 0.677. The van der Waals surface area contributed by atoms with Crippen molar-refractivity contribution >= 4 is 5.96 Å². The number of hydrogen-bond acceptors (Lipinski definition) is 2. The highest BCUT2D eigenvalue weighted by Gasteiger charge is 2.23. The number of nitrogens with one attached hydrogen (secondary N) is 1. The van der Waals surface area contributed by atoms with Crippen molar-refractivity contribution in [2.45, 2.75) is 52.5 Å². The topological polar surface area (TPSA) is 30.9 Å². The van der Waals surface area contributed by atoms with Gasteiger partial charge in [0.2, 0.25) is 0 Å². The van der Waals surface area contributed by atoms with Gasteiger partial charge in [0.1, 0.15) is 0 Å². The van der Waals surface area contributed by atoms with Crippen molar-refractivity contribution in [2.24, 2.45) is 16.8 Å². The molecular weight excluding hydrogens is 260 g/mol. The Morgan fingerprint density at radius 1 is 1.19 bits per heavy atom. The maximum Gasteiger partial charge on any atom is 0.193 e. The van der Waals surface area contributed by atoms with Crippen LogP contribution in [0.2, 0.25) is 0 Å². The van der Waals surface area contributed by atoms with Crippen molar-refractivity contribution in [1.82, 2.24) is 15.1 Å². The van der Waals surface area contributed by atoms with Crippen LogP contribution in [-0.4, -0.2) is 61.6 Å². The van der Waals surface area contributed by atoms with E-state index in [0.717, 1.165) is 37.4 Å². The fourth-order valence-electron chi connectivity index (χ4n) is 3.52. The Kier molecular flexibility index (Phi) is 6.34. The SMILES string of the molecule is CN=C(NCC1CCCN(C(C)C)C1)N1CCC(C)CC1. The largest absolute Gasteiger partial charge is 0.356 e. The maximum absolute atomic E-state index is 4.49. The van der Waals surface area contributed by atoms with Crippen molar-refractivity contribution in [2.75, 3.05) is 39.8 Å². The van der Waals surface area contributed by atoms with Crippen molar-refractivity contribution in [3.63, 3.8) is 0 Å². The Labute approximate surface area is 131 Å². The van der Waals surface area contributed by atoms with Gasteiger partial charge in [0.15, 0.2) is 5.96 Å². The molecule has 0 radical (unpaired) electrons. The molecule has 1 unspecified atom stereocenters. The summed E-state index contributed by atoms with van der Waals surface area (Å²) in [6.07, 6.45) is 5.28. The fraction of sp³-hybridized carbons (Fsp3) is 0.941. The van der Waals surface area contributed by atoms with Crippen molar-refractivity contribution in [3.05, 3.63) is 0 Å². The Hall–Kier alpha value is -0.770. The molecule has 0 aromatic carbocycles. The van der Waals surface area contributed by atoms with Gasteiger partial charge in [0.05, 0.1) is 0 Å². The van der Waals surface area contributed by atoms with E-state index < -0.39 is 0 Å². The number of likely N-dealkylation sites (tertiary alicyclic amines) is 2.